The third kappa shape index (κ3) is 7.98. The van der Waals surface area contributed by atoms with Crippen LogP contribution < -0.4 is 11.1 Å². The van der Waals surface area contributed by atoms with Gasteiger partial charge >= 0.3 is 12.1 Å². The van der Waals surface area contributed by atoms with E-state index >= 15 is 0 Å². The summed E-state index contributed by atoms with van der Waals surface area (Å²) in [4.78, 5) is 28.0. The maximum absolute atomic E-state index is 12.2. The Labute approximate surface area is 149 Å². The number of ether oxygens (including phenoxy) is 2. The predicted molar refractivity (Wildman–Crippen MR) is 96.2 cm³/mol. The highest BCUT2D eigenvalue weighted by Gasteiger charge is 2.33. The fraction of sp³-hybridized carbons (Fsp3) is 0.611. The number of nitrogens with zero attached hydrogens (tertiary/aromatic N) is 1. The molecule has 0 unspecified atom stereocenters. The molecule has 0 aliphatic heterocycles. The van der Waals surface area contributed by atoms with Crippen LogP contribution in [-0.2, 0) is 20.7 Å². The normalized spacial score (nSPS) is 14.4. The van der Waals surface area contributed by atoms with Gasteiger partial charge in [-0.05, 0) is 60.1 Å². The monoisotopic (exact) mass is 351 g/mol. The first kappa shape index (κ1) is 20.9. The van der Waals surface area contributed by atoms with Crippen LogP contribution in [-0.4, -0.2) is 33.8 Å². The predicted octanol–water partition coefficient (Wildman–Crippen LogP) is 3.03. The smallest absolute Gasteiger partial charge is 0.413 e. The Balaban J connectivity index is 2.70. The van der Waals surface area contributed by atoms with Gasteiger partial charge in [0.05, 0.1) is 0 Å². The van der Waals surface area contributed by atoms with E-state index in [0.29, 0.717) is 5.82 Å². The van der Waals surface area contributed by atoms with Gasteiger partial charge in [-0.15, -0.1) is 0 Å². The molecule has 0 bridgehead atoms. The molecule has 3 N–H and O–H groups in total. The van der Waals surface area contributed by atoms with Gasteiger partial charge in [-0.25, -0.2) is 9.78 Å². The molecule has 0 fully saturated rings. The molecule has 1 amide bonds. The number of nitrogens with one attached hydrogen (secondary N) is 1. The van der Waals surface area contributed by atoms with Gasteiger partial charge in [0.2, 0.25) is 0 Å². The van der Waals surface area contributed by atoms with Gasteiger partial charge in [0.15, 0.2) is 0 Å². The lowest BCUT2D eigenvalue weighted by Crippen LogP contribution is -2.50. The molecule has 1 aromatic rings. The third-order valence-electron chi connectivity index (χ3n) is 2.89. The average Bonchev–Trinajstić information content (AvgIpc) is 2.36. The molecule has 1 aromatic heterocycles. The second-order valence-electron chi connectivity index (χ2n) is 8.27. The number of hydrogen-bond acceptors (Lipinski definition) is 6. The van der Waals surface area contributed by atoms with Crippen LogP contribution in [0.3, 0.4) is 0 Å². The van der Waals surface area contributed by atoms with Crippen LogP contribution in [0.4, 0.5) is 10.6 Å². The van der Waals surface area contributed by atoms with Gasteiger partial charge in [0.1, 0.15) is 22.6 Å². The van der Waals surface area contributed by atoms with Crippen molar-refractivity contribution in [3.63, 3.8) is 0 Å². The molecule has 1 heterocycles. The van der Waals surface area contributed by atoms with Gasteiger partial charge in [-0.2, -0.15) is 0 Å². The number of aromatic nitrogens is 1. The van der Waals surface area contributed by atoms with E-state index in [0.717, 1.165) is 5.56 Å². The minimum atomic E-state index is -1.17. The Hall–Kier alpha value is -2.15. The summed E-state index contributed by atoms with van der Waals surface area (Å²) in [6.45, 7) is 12.3. The van der Waals surface area contributed by atoms with Crippen molar-refractivity contribution in [1.29, 1.82) is 0 Å². The number of amides is 1. The van der Waals surface area contributed by atoms with E-state index in [-0.39, 0.29) is 6.42 Å². The molecule has 0 aliphatic carbocycles. The van der Waals surface area contributed by atoms with Crippen molar-refractivity contribution >= 4 is 17.9 Å². The highest BCUT2D eigenvalue weighted by molar-refractivity contribution is 5.83. The molecule has 7 nitrogen and oxygen atoms in total. The molecule has 140 valence electrons. The van der Waals surface area contributed by atoms with Crippen molar-refractivity contribution in [3.05, 3.63) is 23.9 Å². The highest BCUT2D eigenvalue weighted by Crippen LogP contribution is 2.18. The van der Waals surface area contributed by atoms with Crippen LogP contribution in [0.25, 0.3) is 0 Å². The number of esters is 1. The Kier molecular flexibility index (Phi) is 6.18. The highest BCUT2D eigenvalue weighted by atomic mass is 16.6. The van der Waals surface area contributed by atoms with Crippen molar-refractivity contribution in [2.24, 2.45) is 5.73 Å². The standard InChI is InChI=1S/C18H29N3O4/c1-16(2,3)24-14(22)18(7,19)10-12-8-9-13(20-11-12)21-15(23)25-17(4,5)6/h8-9,11H,10,19H2,1-7H3,(H,20,21,23)/t18-/m0/s1. The molecule has 1 atom stereocenters. The van der Waals surface area contributed by atoms with E-state index in [9.17, 15) is 9.59 Å². The van der Waals surface area contributed by atoms with Crippen molar-refractivity contribution in [1.82, 2.24) is 4.98 Å². The summed E-state index contributed by atoms with van der Waals surface area (Å²) in [6.07, 6.45) is 1.24. The van der Waals surface area contributed by atoms with Crippen LogP contribution in [0.5, 0.6) is 0 Å². The van der Waals surface area contributed by atoms with Crippen LogP contribution in [0.15, 0.2) is 18.3 Å². The largest absolute Gasteiger partial charge is 0.459 e. The van der Waals surface area contributed by atoms with E-state index in [1.807, 2.05) is 0 Å². The molecule has 0 spiro atoms. The summed E-state index contributed by atoms with van der Waals surface area (Å²) in [6, 6.07) is 3.37. The maximum Gasteiger partial charge on any atom is 0.413 e. The summed E-state index contributed by atoms with van der Waals surface area (Å²) in [5.41, 5.74) is 4.49. The molecule has 0 saturated carbocycles. The quantitative estimate of drug-likeness (QED) is 0.808. The van der Waals surface area contributed by atoms with E-state index in [1.54, 1.807) is 66.8 Å². The Morgan fingerprint density at radius 3 is 2.04 bits per heavy atom. The van der Waals surface area contributed by atoms with E-state index in [4.69, 9.17) is 15.2 Å². The van der Waals surface area contributed by atoms with E-state index < -0.39 is 28.8 Å². The van der Waals surface area contributed by atoms with Gasteiger partial charge < -0.3 is 15.2 Å². The topological polar surface area (TPSA) is 104 Å². The summed E-state index contributed by atoms with van der Waals surface area (Å²) in [5.74, 6) is -0.120. The van der Waals surface area contributed by atoms with E-state index in [2.05, 4.69) is 10.3 Å². The van der Waals surface area contributed by atoms with Crippen LogP contribution >= 0.6 is 0 Å². The minimum absolute atomic E-state index is 0.266. The van der Waals surface area contributed by atoms with Crippen LogP contribution in [0.1, 0.15) is 54.0 Å². The fourth-order valence-electron chi connectivity index (χ4n) is 1.90. The molecular formula is C18H29N3O4. The molecule has 0 aromatic carbocycles. The van der Waals surface area contributed by atoms with Gasteiger partial charge in [-0.1, -0.05) is 6.07 Å². The minimum Gasteiger partial charge on any atom is -0.459 e. The second-order valence-corrected chi connectivity index (χ2v) is 8.27. The Morgan fingerprint density at radius 1 is 1.04 bits per heavy atom. The van der Waals surface area contributed by atoms with Gasteiger partial charge in [-0.3, -0.25) is 10.1 Å². The number of hydrogen-bond donors (Lipinski definition) is 2. The number of rotatable bonds is 4. The molecule has 1 rings (SSSR count). The summed E-state index contributed by atoms with van der Waals surface area (Å²) in [7, 11) is 0. The van der Waals surface area contributed by atoms with Crippen molar-refractivity contribution < 1.29 is 19.1 Å². The average molecular weight is 351 g/mol. The number of anilines is 1. The molecule has 0 saturated heterocycles. The van der Waals surface area contributed by atoms with E-state index in [1.165, 1.54) is 0 Å². The first-order chi connectivity index (χ1) is 11.2. The second kappa shape index (κ2) is 7.39. The summed E-state index contributed by atoms with van der Waals surface area (Å²) >= 11 is 0. The zero-order valence-corrected chi connectivity index (χ0v) is 16.1. The van der Waals surface area contributed by atoms with Crippen LogP contribution in [0, 0.1) is 0 Å². The first-order valence-corrected chi connectivity index (χ1v) is 8.15. The molecular weight excluding hydrogens is 322 g/mol. The fourth-order valence-corrected chi connectivity index (χ4v) is 1.90. The first-order valence-electron chi connectivity index (χ1n) is 8.15. The molecule has 25 heavy (non-hydrogen) atoms. The third-order valence-corrected chi connectivity index (χ3v) is 2.89. The van der Waals surface area contributed by atoms with Gasteiger partial charge in [0.25, 0.3) is 0 Å². The number of carbonyl (C=O) groups excluding carboxylic acids is 2. The summed E-state index contributed by atoms with van der Waals surface area (Å²) < 4.78 is 10.5. The Morgan fingerprint density at radius 2 is 1.60 bits per heavy atom. The Bertz CT molecular complexity index is 611. The van der Waals surface area contributed by atoms with Crippen LogP contribution in [0.2, 0.25) is 0 Å². The van der Waals surface area contributed by atoms with Crippen molar-refractivity contribution in [2.75, 3.05) is 5.32 Å². The number of pyridine rings is 1. The molecule has 7 heteroatoms. The molecule has 0 radical (unpaired) electrons. The number of nitrogens with two attached hydrogens (primary N) is 1. The number of carbonyl (C=O) groups is 2. The van der Waals surface area contributed by atoms with Crippen molar-refractivity contribution in [2.45, 2.75) is 71.6 Å². The maximum atomic E-state index is 12.2. The van der Waals surface area contributed by atoms with Gasteiger partial charge in [0, 0.05) is 12.6 Å². The zero-order chi connectivity index (χ0) is 19.5. The lowest BCUT2D eigenvalue weighted by atomic mass is 9.94. The molecule has 0 aliphatic rings. The summed E-state index contributed by atoms with van der Waals surface area (Å²) in [5, 5.41) is 2.55. The lowest BCUT2D eigenvalue weighted by molar-refractivity contribution is -0.160. The van der Waals surface area contributed by atoms with Crippen molar-refractivity contribution in [3.8, 4) is 0 Å². The lowest BCUT2D eigenvalue weighted by Gasteiger charge is -2.28. The SMILES string of the molecule is CC(C)(C)OC(=O)Nc1ccc(C[C@](C)(N)C(=O)OC(C)(C)C)cn1. The zero-order valence-electron chi connectivity index (χ0n) is 16.1.